The van der Waals surface area contributed by atoms with Crippen LogP contribution in [0.3, 0.4) is 0 Å². The van der Waals surface area contributed by atoms with Gasteiger partial charge in [-0.25, -0.2) is 0 Å². The van der Waals surface area contributed by atoms with E-state index < -0.39 is 0 Å². The average molecular weight is 439 g/mol. The number of rotatable bonds is 8. The number of ether oxygens (including phenoxy) is 1. The highest BCUT2D eigenvalue weighted by molar-refractivity contribution is 7.16. The zero-order chi connectivity index (χ0) is 21.6. The summed E-state index contributed by atoms with van der Waals surface area (Å²) >= 11 is 1.66. The van der Waals surface area contributed by atoms with E-state index in [2.05, 4.69) is 35.3 Å². The van der Waals surface area contributed by atoms with Crippen molar-refractivity contribution < 1.29 is 13.9 Å². The number of aryl methyl sites for hydroxylation is 1. The second-order valence-corrected chi connectivity index (χ2v) is 8.92. The van der Waals surface area contributed by atoms with Crippen LogP contribution in [0.5, 0.6) is 5.75 Å². The van der Waals surface area contributed by atoms with Gasteiger partial charge in [0.15, 0.2) is 5.76 Å². The Labute approximate surface area is 188 Å². The van der Waals surface area contributed by atoms with Gasteiger partial charge in [-0.05, 0) is 75.2 Å². The number of likely N-dealkylation sites (tertiary alicyclic amines) is 1. The number of piperidine rings is 1. The Balaban J connectivity index is 1.71. The predicted octanol–water partition coefficient (Wildman–Crippen LogP) is 6.13. The molecule has 0 bridgehead atoms. The van der Waals surface area contributed by atoms with E-state index in [4.69, 9.17) is 9.15 Å². The lowest BCUT2D eigenvalue weighted by Crippen LogP contribution is -2.34. The van der Waals surface area contributed by atoms with Gasteiger partial charge in [0.05, 0.1) is 18.9 Å². The first-order chi connectivity index (χ1) is 15.2. The van der Waals surface area contributed by atoms with Crippen molar-refractivity contribution in [2.75, 3.05) is 25.0 Å². The molecular formula is C25H30N2O3S. The van der Waals surface area contributed by atoms with Crippen LogP contribution in [0.2, 0.25) is 0 Å². The molecule has 1 saturated heterocycles. The van der Waals surface area contributed by atoms with Crippen molar-refractivity contribution in [2.45, 2.75) is 45.6 Å². The Bertz CT molecular complexity index is 973. The van der Waals surface area contributed by atoms with Crippen molar-refractivity contribution in [1.82, 2.24) is 4.90 Å². The number of carbonyl (C=O) groups excluding carboxylic acids is 1. The van der Waals surface area contributed by atoms with Crippen LogP contribution in [0.25, 0.3) is 0 Å². The summed E-state index contributed by atoms with van der Waals surface area (Å²) in [7, 11) is 0. The highest BCUT2D eigenvalue weighted by atomic mass is 32.1. The van der Waals surface area contributed by atoms with E-state index in [9.17, 15) is 4.79 Å². The SMILES string of the molecule is CCOc1ccc(C(c2cc(CC)sc2NC(=O)c2ccco2)N2CCCCC2)cc1. The molecule has 0 spiro atoms. The topological polar surface area (TPSA) is 54.7 Å². The molecule has 2 aromatic heterocycles. The maximum Gasteiger partial charge on any atom is 0.291 e. The minimum Gasteiger partial charge on any atom is -0.494 e. The predicted molar refractivity (Wildman–Crippen MR) is 125 cm³/mol. The molecule has 3 aromatic rings. The first-order valence-corrected chi connectivity index (χ1v) is 12.0. The molecule has 0 radical (unpaired) electrons. The van der Waals surface area contributed by atoms with Crippen LogP contribution in [0.15, 0.2) is 53.1 Å². The number of nitrogens with one attached hydrogen (secondary N) is 1. The third-order valence-electron chi connectivity index (χ3n) is 5.69. The number of amides is 1. The lowest BCUT2D eigenvalue weighted by Gasteiger charge is -2.35. The van der Waals surface area contributed by atoms with Gasteiger partial charge in [-0.2, -0.15) is 0 Å². The third-order valence-corrected chi connectivity index (χ3v) is 6.90. The van der Waals surface area contributed by atoms with Gasteiger partial charge in [0.25, 0.3) is 5.91 Å². The summed E-state index contributed by atoms with van der Waals surface area (Å²) in [5, 5.41) is 4.03. The molecule has 4 rings (SSSR count). The van der Waals surface area contributed by atoms with Crippen LogP contribution in [0.4, 0.5) is 5.00 Å². The summed E-state index contributed by atoms with van der Waals surface area (Å²) in [5.74, 6) is 1.00. The van der Waals surface area contributed by atoms with Crippen LogP contribution >= 0.6 is 11.3 Å². The lowest BCUT2D eigenvalue weighted by atomic mass is 9.95. The van der Waals surface area contributed by atoms with Crippen molar-refractivity contribution in [3.8, 4) is 5.75 Å². The molecule has 0 aliphatic carbocycles. The van der Waals surface area contributed by atoms with Gasteiger partial charge in [0.1, 0.15) is 10.8 Å². The summed E-state index contributed by atoms with van der Waals surface area (Å²) in [6.45, 7) is 6.92. The Morgan fingerprint density at radius 1 is 1.16 bits per heavy atom. The lowest BCUT2D eigenvalue weighted by molar-refractivity contribution is 0.0996. The monoisotopic (exact) mass is 438 g/mol. The van der Waals surface area contributed by atoms with Gasteiger partial charge in [-0.15, -0.1) is 11.3 Å². The van der Waals surface area contributed by atoms with Gasteiger partial charge in [-0.1, -0.05) is 25.5 Å². The summed E-state index contributed by atoms with van der Waals surface area (Å²) in [5.41, 5.74) is 2.38. The zero-order valence-electron chi connectivity index (χ0n) is 18.2. The fourth-order valence-electron chi connectivity index (χ4n) is 4.18. The minimum absolute atomic E-state index is 0.0967. The maximum absolute atomic E-state index is 12.7. The zero-order valence-corrected chi connectivity index (χ0v) is 19.0. The molecule has 1 aliphatic rings. The fourth-order valence-corrected chi connectivity index (χ4v) is 5.21. The smallest absolute Gasteiger partial charge is 0.291 e. The number of furan rings is 1. The van der Waals surface area contributed by atoms with Gasteiger partial charge in [0, 0.05) is 10.4 Å². The van der Waals surface area contributed by atoms with E-state index in [1.54, 1.807) is 23.5 Å². The average Bonchev–Trinajstić information content (AvgIpc) is 3.47. The second-order valence-electron chi connectivity index (χ2n) is 7.78. The molecule has 1 unspecified atom stereocenters. The van der Waals surface area contributed by atoms with E-state index in [1.165, 1.54) is 36.0 Å². The molecule has 5 nitrogen and oxygen atoms in total. The number of carbonyl (C=O) groups is 1. The molecule has 31 heavy (non-hydrogen) atoms. The normalized spacial score (nSPS) is 15.5. The Hall–Kier alpha value is -2.57. The van der Waals surface area contributed by atoms with Crippen molar-refractivity contribution in [2.24, 2.45) is 0 Å². The highest BCUT2D eigenvalue weighted by Crippen LogP contribution is 2.41. The van der Waals surface area contributed by atoms with E-state index in [0.29, 0.717) is 12.4 Å². The number of nitrogens with zero attached hydrogens (tertiary/aromatic N) is 1. The maximum atomic E-state index is 12.7. The summed E-state index contributed by atoms with van der Waals surface area (Å²) < 4.78 is 11.0. The van der Waals surface area contributed by atoms with Crippen LogP contribution in [-0.2, 0) is 6.42 Å². The van der Waals surface area contributed by atoms with Crippen molar-refractivity contribution in [3.05, 3.63) is 70.5 Å². The summed E-state index contributed by atoms with van der Waals surface area (Å²) in [6.07, 6.45) is 6.14. The van der Waals surface area contributed by atoms with Crippen molar-refractivity contribution >= 4 is 22.2 Å². The van der Waals surface area contributed by atoms with E-state index in [0.717, 1.165) is 35.8 Å². The second kappa shape index (κ2) is 10.2. The van der Waals surface area contributed by atoms with Crippen LogP contribution in [0, 0.1) is 0 Å². The van der Waals surface area contributed by atoms with E-state index in [1.807, 2.05) is 19.1 Å². The molecule has 1 atom stereocenters. The van der Waals surface area contributed by atoms with Gasteiger partial charge >= 0.3 is 0 Å². The van der Waals surface area contributed by atoms with Crippen LogP contribution < -0.4 is 10.1 Å². The molecule has 164 valence electrons. The van der Waals surface area contributed by atoms with Gasteiger partial charge < -0.3 is 14.5 Å². The van der Waals surface area contributed by atoms with Gasteiger partial charge in [-0.3, -0.25) is 9.69 Å². The number of hydrogen-bond acceptors (Lipinski definition) is 5. The van der Waals surface area contributed by atoms with Crippen LogP contribution in [-0.4, -0.2) is 30.5 Å². The molecule has 1 aromatic carbocycles. The number of hydrogen-bond donors (Lipinski definition) is 1. The summed E-state index contributed by atoms with van der Waals surface area (Å²) in [4.78, 5) is 16.6. The first-order valence-electron chi connectivity index (χ1n) is 11.1. The highest BCUT2D eigenvalue weighted by Gasteiger charge is 2.28. The molecule has 6 heteroatoms. The Morgan fingerprint density at radius 3 is 2.58 bits per heavy atom. The third kappa shape index (κ3) is 5.02. The van der Waals surface area contributed by atoms with Crippen LogP contribution in [0.1, 0.15) is 65.7 Å². The Kier molecular flexibility index (Phi) is 7.10. The van der Waals surface area contributed by atoms with Crippen molar-refractivity contribution in [1.29, 1.82) is 0 Å². The van der Waals surface area contributed by atoms with Crippen molar-refractivity contribution in [3.63, 3.8) is 0 Å². The fraction of sp³-hybridized carbons (Fsp3) is 0.400. The molecule has 3 heterocycles. The molecule has 1 amide bonds. The van der Waals surface area contributed by atoms with Gasteiger partial charge in [0.2, 0.25) is 0 Å². The molecular weight excluding hydrogens is 408 g/mol. The molecule has 1 fully saturated rings. The summed E-state index contributed by atoms with van der Waals surface area (Å²) in [6, 6.07) is 14.2. The quantitative estimate of drug-likeness (QED) is 0.460. The largest absolute Gasteiger partial charge is 0.494 e. The Morgan fingerprint density at radius 2 is 1.94 bits per heavy atom. The minimum atomic E-state index is -0.208. The number of thiophene rings is 1. The molecule has 1 N–H and O–H groups in total. The first kappa shape index (κ1) is 21.7. The molecule has 0 saturated carbocycles. The standard InChI is InChI=1S/C25H30N2O3S/c1-3-20-17-21(25(31-20)26-24(28)22-9-8-16-30-22)23(27-14-6-5-7-15-27)18-10-12-19(13-11-18)29-4-2/h8-13,16-17,23H,3-7,14-15H2,1-2H3,(H,26,28). The number of benzene rings is 1. The number of anilines is 1. The van der Waals surface area contributed by atoms with E-state index in [-0.39, 0.29) is 11.9 Å². The molecule has 1 aliphatic heterocycles. The van der Waals surface area contributed by atoms with E-state index >= 15 is 0 Å².